The lowest BCUT2D eigenvalue weighted by atomic mass is 9.95. The summed E-state index contributed by atoms with van der Waals surface area (Å²) in [6.07, 6.45) is 5.06. The second-order valence-electron chi connectivity index (χ2n) is 7.02. The third-order valence-corrected chi connectivity index (χ3v) is 5.29. The number of morpholine rings is 1. The number of nitrogens with zero attached hydrogens (tertiary/aromatic N) is 3. The number of aryl methyl sites for hydroxylation is 1. The van der Waals surface area contributed by atoms with Crippen LogP contribution in [-0.2, 0) is 16.1 Å². The number of ether oxygens (including phenoxy) is 1. The molecular weight excluding hydrogens is 334 g/mol. The highest BCUT2D eigenvalue weighted by atomic mass is 16.5. The van der Waals surface area contributed by atoms with Crippen LogP contribution in [0.25, 0.3) is 11.5 Å². The molecule has 0 atom stereocenters. The molecule has 0 aliphatic carbocycles. The molecule has 2 aliphatic rings. The second kappa shape index (κ2) is 7.63. The van der Waals surface area contributed by atoms with Gasteiger partial charge in [-0.25, -0.2) is 4.98 Å². The number of hydrogen-bond acceptors (Lipinski definition) is 6. The monoisotopic (exact) mass is 359 g/mol. The van der Waals surface area contributed by atoms with Crippen molar-refractivity contribution < 1.29 is 18.4 Å². The van der Waals surface area contributed by atoms with E-state index in [-0.39, 0.29) is 5.92 Å². The first-order chi connectivity index (χ1) is 12.7. The predicted octanol–water partition coefficient (Wildman–Crippen LogP) is 2.31. The SMILES string of the molecule is Cc1oc(-c2ccoc2)nc1CN1CCC(C(=O)N2CCOCC2)CC1. The summed E-state index contributed by atoms with van der Waals surface area (Å²) in [6, 6.07) is 1.85. The summed E-state index contributed by atoms with van der Waals surface area (Å²) in [5.41, 5.74) is 1.81. The molecule has 0 saturated carbocycles. The lowest BCUT2D eigenvalue weighted by Crippen LogP contribution is -2.46. The van der Waals surface area contributed by atoms with Gasteiger partial charge in [0.05, 0.1) is 30.7 Å². The van der Waals surface area contributed by atoms with Crippen LogP contribution < -0.4 is 0 Å². The first kappa shape index (κ1) is 17.3. The molecule has 26 heavy (non-hydrogen) atoms. The number of furan rings is 1. The number of piperidine rings is 1. The molecule has 4 rings (SSSR count). The van der Waals surface area contributed by atoms with Gasteiger partial charge in [0.1, 0.15) is 12.0 Å². The summed E-state index contributed by atoms with van der Waals surface area (Å²) < 4.78 is 16.2. The fourth-order valence-electron chi connectivity index (χ4n) is 3.68. The summed E-state index contributed by atoms with van der Waals surface area (Å²) >= 11 is 0. The molecule has 0 aromatic carbocycles. The molecule has 0 unspecified atom stereocenters. The van der Waals surface area contributed by atoms with E-state index < -0.39 is 0 Å². The van der Waals surface area contributed by atoms with E-state index in [9.17, 15) is 4.79 Å². The van der Waals surface area contributed by atoms with Crippen LogP contribution in [0.4, 0.5) is 0 Å². The van der Waals surface area contributed by atoms with Crippen LogP contribution in [0.1, 0.15) is 24.3 Å². The number of likely N-dealkylation sites (tertiary alicyclic amines) is 1. The number of rotatable bonds is 4. The largest absolute Gasteiger partial charge is 0.472 e. The van der Waals surface area contributed by atoms with Crippen molar-refractivity contribution in [3.63, 3.8) is 0 Å². The Morgan fingerprint density at radius 3 is 2.69 bits per heavy atom. The van der Waals surface area contributed by atoms with Crippen molar-refractivity contribution in [3.8, 4) is 11.5 Å². The molecule has 0 N–H and O–H groups in total. The van der Waals surface area contributed by atoms with Gasteiger partial charge in [0.25, 0.3) is 0 Å². The standard InChI is InChI=1S/C19H25N3O4/c1-14-17(20-18(26-14)16-4-9-25-13-16)12-21-5-2-15(3-6-21)19(23)22-7-10-24-11-8-22/h4,9,13,15H,2-3,5-8,10-12H2,1H3. The molecule has 2 fully saturated rings. The van der Waals surface area contributed by atoms with Crippen molar-refractivity contribution in [2.75, 3.05) is 39.4 Å². The van der Waals surface area contributed by atoms with Crippen LogP contribution in [0.5, 0.6) is 0 Å². The number of carbonyl (C=O) groups is 1. The Morgan fingerprint density at radius 2 is 2.00 bits per heavy atom. The zero-order valence-electron chi connectivity index (χ0n) is 15.1. The summed E-state index contributed by atoms with van der Waals surface area (Å²) in [5.74, 6) is 1.88. The summed E-state index contributed by atoms with van der Waals surface area (Å²) in [5, 5.41) is 0. The van der Waals surface area contributed by atoms with E-state index in [0.29, 0.717) is 25.0 Å². The first-order valence-electron chi connectivity index (χ1n) is 9.28. The molecule has 0 bridgehead atoms. The Balaban J connectivity index is 1.32. The van der Waals surface area contributed by atoms with Crippen LogP contribution in [0.15, 0.2) is 27.4 Å². The maximum atomic E-state index is 12.6. The quantitative estimate of drug-likeness (QED) is 0.834. The molecule has 0 spiro atoms. The Labute approximate surface area is 152 Å². The van der Waals surface area contributed by atoms with Crippen molar-refractivity contribution in [1.82, 2.24) is 14.8 Å². The predicted molar refractivity (Wildman–Crippen MR) is 94.3 cm³/mol. The Kier molecular flexibility index (Phi) is 5.08. The van der Waals surface area contributed by atoms with Crippen LogP contribution in [0.2, 0.25) is 0 Å². The molecule has 4 heterocycles. The molecule has 0 radical (unpaired) electrons. The van der Waals surface area contributed by atoms with E-state index in [2.05, 4.69) is 9.88 Å². The van der Waals surface area contributed by atoms with Gasteiger partial charge in [-0.15, -0.1) is 0 Å². The second-order valence-corrected chi connectivity index (χ2v) is 7.02. The molecule has 2 aliphatic heterocycles. The number of hydrogen-bond donors (Lipinski definition) is 0. The maximum Gasteiger partial charge on any atom is 0.229 e. The molecule has 1 amide bonds. The molecule has 2 aromatic heterocycles. The summed E-state index contributed by atoms with van der Waals surface area (Å²) in [7, 11) is 0. The number of carbonyl (C=O) groups excluding carboxylic acids is 1. The Bertz CT molecular complexity index is 726. The van der Waals surface area contributed by atoms with Gasteiger partial charge in [-0.3, -0.25) is 9.69 Å². The van der Waals surface area contributed by atoms with Crippen LogP contribution in [0, 0.1) is 12.8 Å². The van der Waals surface area contributed by atoms with Crippen LogP contribution >= 0.6 is 0 Å². The summed E-state index contributed by atoms with van der Waals surface area (Å²) in [6.45, 7) is 7.31. The molecule has 7 nitrogen and oxygen atoms in total. The van der Waals surface area contributed by atoms with Gasteiger partial charge in [-0.1, -0.05) is 0 Å². The van der Waals surface area contributed by atoms with Gasteiger partial charge in [0, 0.05) is 25.6 Å². The summed E-state index contributed by atoms with van der Waals surface area (Å²) in [4.78, 5) is 21.6. The zero-order valence-corrected chi connectivity index (χ0v) is 15.1. The maximum absolute atomic E-state index is 12.6. The average molecular weight is 359 g/mol. The highest BCUT2D eigenvalue weighted by Crippen LogP contribution is 2.25. The zero-order chi connectivity index (χ0) is 17.9. The van der Waals surface area contributed by atoms with Gasteiger partial charge in [0.15, 0.2) is 0 Å². The first-order valence-corrected chi connectivity index (χ1v) is 9.28. The Hall–Kier alpha value is -2.12. The lowest BCUT2D eigenvalue weighted by molar-refractivity contribution is -0.141. The van der Waals surface area contributed by atoms with Crippen molar-refractivity contribution in [2.24, 2.45) is 5.92 Å². The lowest BCUT2D eigenvalue weighted by Gasteiger charge is -2.35. The highest BCUT2D eigenvalue weighted by molar-refractivity contribution is 5.79. The van der Waals surface area contributed by atoms with Crippen molar-refractivity contribution >= 4 is 5.91 Å². The number of amides is 1. The van der Waals surface area contributed by atoms with Crippen LogP contribution in [-0.4, -0.2) is 60.1 Å². The van der Waals surface area contributed by atoms with E-state index >= 15 is 0 Å². The van der Waals surface area contributed by atoms with Gasteiger partial charge in [-0.05, 0) is 38.9 Å². The highest BCUT2D eigenvalue weighted by Gasteiger charge is 2.30. The number of aromatic nitrogens is 1. The van der Waals surface area contributed by atoms with Gasteiger partial charge in [-0.2, -0.15) is 0 Å². The smallest absolute Gasteiger partial charge is 0.229 e. The topological polar surface area (TPSA) is 72.0 Å². The average Bonchev–Trinajstić information content (AvgIpc) is 3.33. The van der Waals surface area contributed by atoms with Crippen LogP contribution in [0.3, 0.4) is 0 Å². The van der Waals surface area contributed by atoms with E-state index in [4.69, 9.17) is 13.6 Å². The van der Waals surface area contributed by atoms with Crippen molar-refractivity contribution in [3.05, 3.63) is 30.0 Å². The Morgan fingerprint density at radius 1 is 1.23 bits per heavy atom. The van der Waals surface area contributed by atoms with Gasteiger partial charge < -0.3 is 18.5 Å². The minimum absolute atomic E-state index is 0.143. The molecule has 7 heteroatoms. The molecule has 2 aromatic rings. The third kappa shape index (κ3) is 3.68. The van der Waals surface area contributed by atoms with E-state index in [1.54, 1.807) is 12.5 Å². The van der Waals surface area contributed by atoms with E-state index in [1.165, 1.54) is 0 Å². The molecule has 2 saturated heterocycles. The van der Waals surface area contributed by atoms with E-state index in [1.807, 2.05) is 17.9 Å². The van der Waals surface area contributed by atoms with Gasteiger partial charge in [0.2, 0.25) is 11.8 Å². The third-order valence-electron chi connectivity index (χ3n) is 5.29. The number of oxazole rings is 1. The minimum atomic E-state index is 0.143. The minimum Gasteiger partial charge on any atom is -0.472 e. The van der Waals surface area contributed by atoms with Crippen molar-refractivity contribution in [1.29, 1.82) is 0 Å². The van der Waals surface area contributed by atoms with Gasteiger partial charge >= 0.3 is 0 Å². The molecule has 140 valence electrons. The normalized spacial score (nSPS) is 19.8. The van der Waals surface area contributed by atoms with Crippen molar-refractivity contribution in [2.45, 2.75) is 26.3 Å². The van der Waals surface area contributed by atoms with E-state index in [0.717, 1.165) is 62.6 Å². The fourth-order valence-corrected chi connectivity index (χ4v) is 3.68. The fraction of sp³-hybridized carbons (Fsp3) is 0.579. The molecular formula is C19H25N3O4.